The zero-order valence-electron chi connectivity index (χ0n) is 19.8. The molecular weight excluding hydrogens is 531 g/mol. The van der Waals surface area contributed by atoms with Crippen molar-refractivity contribution < 1.29 is 35.1 Å². The number of rotatable bonds is 5. The Morgan fingerprint density at radius 1 is 1.00 bits per heavy atom. The van der Waals surface area contributed by atoms with E-state index in [0.29, 0.717) is 17.5 Å². The Morgan fingerprint density at radius 3 is 2.39 bits per heavy atom. The number of hydrogen-bond acceptors (Lipinski definition) is 6. The van der Waals surface area contributed by atoms with Gasteiger partial charge in [0.1, 0.15) is 22.3 Å². The van der Waals surface area contributed by atoms with Gasteiger partial charge in [0.05, 0.1) is 12.5 Å². The number of sulfonamides is 1. The number of hydrogen-bond donors (Lipinski definition) is 1. The number of ether oxygens (including phenoxy) is 1. The number of fused-ring (bicyclic) bond motifs is 1. The predicted molar refractivity (Wildman–Crippen MR) is 127 cm³/mol. The third-order valence-corrected chi connectivity index (χ3v) is 8.26. The average molecular weight is 555 g/mol. The normalized spacial score (nSPS) is 22.4. The van der Waals surface area contributed by atoms with Crippen molar-refractivity contribution >= 4 is 16.0 Å². The molecule has 0 aliphatic carbocycles. The molecule has 2 aromatic carbocycles. The Hall–Kier alpha value is -3.32. The maximum Gasteiger partial charge on any atom is 0.391 e. The van der Waals surface area contributed by atoms with E-state index < -0.39 is 50.7 Å². The Balaban J connectivity index is 1.49. The molecule has 3 atom stereocenters. The predicted octanol–water partition coefficient (Wildman–Crippen LogP) is 5.39. The first-order chi connectivity index (χ1) is 18.0. The van der Waals surface area contributed by atoms with Crippen LogP contribution in [0.4, 0.5) is 27.9 Å². The molecule has 1 unspecified atom stereocenters. The van der Waals surface area contributed by atoms with Gasteiger partial charge in [-0.1, -0.05) is 12.1 Å². The van der Waals surface area contributed by atoms with Gasteiger partial charge in [0, 0.05) is 42.5 Å². The van der Waals surface area contributed by atoms with Gasteiger partial charge in [-0.15, -0.1) is 0 Å². The van der Waals surface area contributed by atoms with E-state index >= 15 is 4.39 Å². The maximum absolute atomic E-state index is 15.3. The van der Waals surface area contributed by atoms with Crippen LogP contribution in [-0.2, 0) is 10.0 Å². The van der Waals surface area contributed by atoms with Crippen LogP contribution in [0.3, 0.4) is 0 Å². The largest absolute Gasteiger partial charge is 0.493 e. The van der Waals surface area contributed by atoms with Gasteiger partial charge in [-0.2, -0.15) is 13.2 Å². The summed E-state index contributed by atoms with van der Waals surface area (Å²) in [5, 5.41) is 0. The van der Waals surface area contributed by atoms with E-state index in [9.17, 15) is 26.0 Å². The molecule has 2 aliphatic heterocycles. The van der Waals surface area contributed by atoms with Crippen molar-refractivity contribution in [1.29, 1.82) is 0 Å². The molecule has 1 N–H and O–H groups in total. The lowest BCUT2D eigenvalue weighted by atomic mass is 9.84. The Kier molecular flexibility index (Phi) is 6.99. The number of piperidine rings is 1. The molecule has 1 aromatic heterocycles. The number of alkyl halides is 3. The van der Waals surface area contributed by atoms with Crippen LogP contribution < -0.4 is 9.46 Å². The summed E-state index contributed by atoms with van der Waals surface area (Å²) in [6.45, 7) is 0.207. The van der Waals surface area contributed by atoms with Crippen molar-refractivity contribution in [1.82, 2.24) is 14.9 Å². The van der Waals surface area contributed by atoms with E-state index in [2.05, 4.69) is 14.7 Å². The number of aromatic nitrogens is 2. The van der Waals surface area contributed by atoms with Gasteiger partial charge < -0.3 is 4.74 Å². The summed E-state index contributed by atoms with van der Waals surface area (Å²) in [5.41, 5.74) is 0.848. The molecule has 1 saturated heterocycles. The molecule has 0 amide bonds. The lowest BCUT2D eigenvalue weighted by Gasteiger charge is -2.46. The Labute approximate surface area is 215 Å². The number of anilines is 1. The highest BCUT2D eigenvalue weighted by atomic mass is 32.2. The molecule has 3 aromatic rings. The van der Waals surface area contributed by atoms with E-state index in [1.54, 1.807) is 0 Å². The first-order valence-electron chi connectivity index (χ1n) is 11.9. The van der Waals surface area contributed by atoms with Crippen molar-refractivity contribution in [2.24, 2.45) is 5.92 Å². The van der Waals surface area contributed by atoms with Gasteiger partial charge in [-0.05, 0) is 49.2 Å². The van der Waals surface area contributed by atoms with E-state index in [4.69, 9.17) is 4.74 Å². The third-order valence-electron chi connectivity index (χ3n) is 6.92. The third kappa shape index (κ3) is 5.30. The zero-order valence-corrected chi connectivity index (χ0v) is 20.6. The Bertz CT molecular complexity index is 1400. The van der Waals surface area contributed by atoms with Crippen molar-refractivity contribution in [2.75, 3.05) is 17.9 Å². The fourth-order valence-corrected chi connectivity index (χ4v) is 6.15. The zero-order chi connectivity index (χ0) is 27.1. The van der Waals surface area contributed by atoms with Crippen LogP contribution in [0.25, 0.3) is 0 Å². The summed E-state index contributed by atoms with van der Waals surface area (Å²) in [6, 6.07) is 7.66. The first-order valence-corrected chi connectivity index (χ1v) is 13.4. The second-order valence-corrected chi connectivity index (χ2v) is 10.9. The molecule has 5 rings (SSSR count). The molecular formula is C25H23F5N4O3S. The van der Waals surface area contributed by atoms with Gasteiger partial charge >= 0.3 is 6.18 Å². The van der Waals surface area contributed by atoms with Crippen molar-refractivity contribution in [3.63, 3.8) is 0 Å². The van der Waals surface area contributed by atoms with Gasteiger partial charge in [-0.25, -0.2) is 31.9 Å². The van der Waals surface area contributed by atoms with Crippen LogP contribution in [0.5, 0.6) is 5.75 Å². The Morgan fingerprint density at radius 2 is 1.71 bits per heavy atom. The summed E-state index contributed by atoms with van der Waals surface area (Å²) in [7, 11) is -4.41. The SMILES string of the molecule is O=S(=O)(Nc1ncccn1)c1cc2c(cc1F)[C@@H](N1CCC(C(F)(F)F)C[C@H]1c1ccc(F)cc1)CCO2. The molecule has 38 heavy (non-hydrogen) atoms. The van der Waals surface area contributed by atoms with Crippen LogP contribution in [-0.4, -0.2) is 42.6 Å². The minimum atomic E-state index is -4.41. The van der Waals surface area contributed by atoms with Gasteiger partial charge in [-0.3, -0.25) is 4.90 Å². The fraction of sp³-hybridized carbons (Fsp3) is 0.360. The lowest BCUT2D eigenvalue weighted by molar-refractivity contribution is -0.192. The molecule has 202 valence electrons. The van der Waals surface area contributed by atoms with Gasteiger partial charge in [0.2, 0.25) is 5.95 Å². The molecule has 3 heterocycles. The molecule has 0 saturated carbocycles. The number of likely N-dealkylation sites (tertiary alicyclic amines) is 1. The van der Waals surface area contributed by atoms with Crippen LogP contribution in [0.15, 0.2) is 59.8 Å². The highest BCUT2D eigenvalue weighted by Crippen LogP contribution is 2.48. The minimum absolute atomic E-state index is 0.0604. The van der Waals surface area contributed by atoms with Crippen molar-refractivity contribution in [3.8, 4) is 5.75 Å². The molecule has 7 nitrogen and oxygen atoms in total. The van der Waals surface area contributed by atoms with Crippen LogP contribution >= 0.6 is 0 Å². The molecule has 0 radical (unpaired) electrons. The number of nitrogens with one attached hydrogen (secondary N) is 1. The molecule has 2 aliphatic rings. The van der Waals surface area contributed by atoms with E-state index in [1.807, 2.05) is 4.90 Å². The van der Waals surface area contributed by atoms with Gasteiger partial charge in [0.25, 0.3) is 10.0 Å². The fourth-order valence-electron chi connectivity index (χ4n) is 5.12. The van der Waals surface area contributed by atoms with E-state index in [-0.39, 0.29) is 37.7 Å². The van der Waals surface area contributed by atoms with Crippen molar-refractivity contribution in [3.05, 3.63) is 77.6 Å². The summed E-state index contributed by atoms with van der Waals surface area (Å²) in [6.07, 6.45) is -1.78. The monoisotopic (exact) mass is 554 g/mol. The summed E-state index contributed by atoms with van der Waals surface area (Å²) < 4.78 is 103. The summed E-state index contributed by atoms with van der Waals surface area (Å²) in [5.74, 6) is -3.22. The van der Waals surface area contributed by atoms with Crippen molar-refractivity contribution in [2.45, 2.75) is 42.4 Å². The highest BCUT2D eigenvalue weighted by molar-refractivity contribution is 7.92. The summed E-state index contributed by atoms with van der Waals surface area (Å²) >= 11 is 0. The number of nitrogens with zero attached hydrogens (tertiary/aromatic N) is 3. The smallest absolute Gasteiger partial charge is 0.391 e. The standard InChI is InChI=1S/C25H23F5N4O3S/c26-17-4-2-15(3-5-17)21-12-16(25(28,29)30)6-10-34(21)20-7-11-37-22-14-23(19(27)13-18(20)22)38(35,36)33-24-31-8-1-9-32-24/h1-5,8-9,13-14,16,20-21H,6-7,10-12H2,(H,31,32,33)/t16?,20-,21-/m0/s1. The topological polar surface area (TPSA) is 84.4 Å². The second-order valence-electron chi connectivity index (χ2n) is 9.22. The quantitative estimate of drug-likeness (QED) is 0.426. The lowest BCUT2D eigenvalue weighted by Crippen LogP contribution is -2.44. The van der Waals surface area contributed by atoms with Crippen LogP contribution in [0.1, 0.15) is 42.5 Å². The van der Waals surface area contributed by atoms with Crippen LogP contribution in [0.2, 0.25) is 0 Å². The molecule has 0 bridgehead atoms. The summed E-state index contributed by atoms with van der Waals surface area (Å²) in [4.78, 5) is 8.74. The molecule has 1 fully saturated rings. The number of benzene rings is 2. The van der Waals surface area contributed by atoms with E-state index in [1.165, 1.54) is 42.7 Å². The second kappa shape index (κ2) is 10.1. The first kappa shape index (κ1) is 26.3. The number of halogens is 5. The minimum Gasteiger partial charge on any atom is -0.493 e. The highest BCUT2D eigenvalue weighted by Gasteiger charge is 2.46. The van der Waals surface area contributed by atoms with Gasteiger partial charge in [0.15, 0.2) is 0 Å². The molecule has 13 heteroatoms. The molecule has 0 spiro atoms. The van der Waals surface area contributed by atoms with E-state index in [0.717, 1.165) is 12.1 Å². The average Bonchev–Trinajstić information content (AvgIpc) is 2.88. The maximum atomic E-state index is 15.3. The van der Waals surface area contributed by atoms with Crippen LogP contribution in [0, 0.1) is 17.6 Å².